The summed E-state index contributed by atoms with van der Waals surface area (Å²) < 4.78 is 0. The molecule has 0 heterocycles. The zero-order valence-corrected chi connectivity index (χ0v) is 9.32. The molecule has 0 bridgehead atoms. The maximum absolute atomic E-state index is 3.36. The SMILES string of the molecule is CNNc1c2c(cc3c1CCC3)CCC2. The summed E-state index contributed by atoms with van der Waals surface area (Å²) >= 11 is 0. The van der Waals surface area contributed by atoms with Crippen molar-refractivity contribution in [2.45, 2.75) is 38.5 Å². The third-order valence-corrected chi connectivity index (χ3v) is 3.72. The van der Waals surface area contributed by atoms with Crippen LogP contribution in [-0.4, -0.2) is 7.05 Å². The van der Waals surface area contributed by atoms with Crippen LogP contribution >= 0.6 is 0 Å². The lowest BCUT2D eigenvalue weighted by molar-refractivity contribution is 0.891. The molecule has 0 aromatic heterocycles. The van der Waals surface area contributed by atoms with Crippen molar-refractivity contribution in [3.63, 3.8) is 0 Å². The Morgan fingerprint density at radius 3 is 2.07 bits per heavy atom. The summed E-state index contributed by atoms with van der Waals surface area (Å²) in [4.78, 5) is 0. The van der Waals surface area contributed by atoms with E-state index in [0.29, 0.717) is 0 Å². The van der Waals surface area contributed by atoms with Gasteiger partial charge in [0, 0.05) is 7.05 Å². The van der Waals surface area contributed by atoms with Crippen molar-refractivity contribution in [2.24, 2.45) is 0 Å². The molecule has 1 aromatic rings. The van der Waals surface area contributed by atoms with E-state index >= 15 is 0 Å². The Balaban J connectivity index is 2.16. The molecule has 80 valence electrons. The quantitative estimate of drug-likeness (QED) is 0.718. The van der Waals surface area contributed by atoms with E-state index in [1.165, 1.54) is 44.2 Å². The smallest absolute Gasteiger partial charge is 0.0556 e. The number of anilines is 1. The first kappa shape index (κ1) is 9.22. The van der Waals surface area contributed by atoms with E-state index in [2.05, 4.69) is 16.9 Å². The van der Waals surface area contributed by atoms with Gasteiger partial charge in [-0.25, -0.2) is 5.43 Å². The lowest BCUT2D eigenvalue weighted by Gasteiger charge is -2.15. The summed E-state index contributed by atoms with van der Waals surface area (Å²) in [5.74, 6) is 0. The van der Waals surface area contributed by atoms with Gasteiger partial charge in [0.1, 0.15) is 0 Å². The highest BCUT2D eigenvalue weighted by atomic mass is 15.3. The summed E-state index contributed by atoms with van der Waals surface area (Å²) in [6.07, 6.45) is 7.73. The minimum atomic E-state index is 1.26. The lowest BCUT2D eigenvalue weighted by Crippen LogP contribution is -2.18. The Hall–Kier alpha value is -1.02. The lowest BCUT2D eigenvalue weighted by atomic mass is 9.99. The van der Waals surface area contributed by atoms with E-state index in [0.717, 1.165) is 0 Å². The monoisotopic (exact) mass is 202 g/mol. The van der Waals surface area contributed by atoms with Gasteiger partial charge in [0.05, 0.1) is 5.69 Å². The van der Waals surface area contributed by atoms with E-state index in [9.17, 15) is 0 Å². The number of fused-ring (bicyclic) bond motifs is 2. The normalized spacial score (nSPS) is 17.7. The number of hydrazine groups is 1. The van der Waals surface area contributed by atoms with Crippen LogP contribution in [0.5, 0.6) is 0 Å². The average Bonchev–Trinajstić information content (AvgIpc) is 2.84. The first-order chi connectivity index (χ1) is 7.40. The molecule has 2 heteroatoms. The summed E-state index contributed by atoms with van der Waals surface area (Å²) in [6.45, 7) is 0. The Morgan fingerprint density at radius 1 is 0.933 bits per heavy atom. The molecule has 0 atom stereocenters. The van der Waals surface area contributed by atoms with E-state index in [1.807, 2.05) is 7.05 Å². The number of rotatable bonds is 2. The predicted molar refractivity (Wildman–Crippen MR) is 63.2 cm³/mol. The highest BCUT2D eigenvalue weighted by Crippen LogP contribution is 2.38. The molecule has 15 heavy (non-hydrogen) atoms. The van der Waals surface area contributed by atoms with Gasteiger partial charge in [-0.1, -0.05) is 6.07 Å². The maximum Gasteiger partial charge on any atom is 0.0556 e. The molecule has 0 spiro atoms. The fourth-order valence-electron chi connectivity index (χ4n) is 3.09. The zero-order valence-electron chi connectivity index (χ0n) is 9.32. The number of aryl methyl sites for hydroxylation is 2. The highest BCUT2D eigenvalue weighted by molar-refractivity contribution is 5.65. The first-order valence-corrected chi connectivity index (χ1v) is 5.99. The van der Waals surface area contributed by atoms with Gasteiger partial charge in [-0.3, -0.25) is 0 Å². The Labute approximate surface area is 91.0 Å². The van der Waals surface area contributed by atoms with E-state index in [-0.39, 0.29) is 0 Å². The topological polar surface area (TPSA) is 24.1 Å². The summed E-state index contributed by atoms with van der Waals surface area (Å²) in [5, 5.41) is 0. The largest absolute Gasteiger partial charge is 0.321 e. The molecular formula is C13H18N2. The van der Waals surface area contributed by atoms with Crippen LogP contribution < -0.4 is 10.9 Å². The minimum Gasteiger partial charge on any atom is -0.321 e. The Kier molecular flexibility index (Phi) is 2.17. The highest BCUT2D eigenvalue weighted by Gasteiger charge is 2.23. The fourth-order valence-corrected chi connectivity index (χ4v) is 3.09. The number of hydrogen-bond acceptors (Lipinski definition) is 2. The molecule has 0 aliphatic heterocycles. The van der Waals surface area contributed by atoms with Gasteiger partial charge < -0.3 is 5.43 Å². The van der Waals surface area contributed by atoms with Crippen LogP contribution in [0.25, 0.3) is 0 Å². The molecule has 3 rings (SSSR count). The standard InChI is InChI=1S/C13H18N2/c1-14-15-13-11-6-2-4-9(11)8-10-5-3-7-12(10)13/h8,14-15H,2-7H2,1H3. The van der Waals surface area contributed by atoms with Crippen molar-refractivity contribution >= 4 is 5.69 Å². The van der Waals surface area contributed by atoms with Crippen LogP contribution in [0.1, 0.15) is 35.1 Å². The van der Waals surface area contributed by atoms with Crippen LogP contribution in [0, 0.1) is 0 Å². The van der Waals surface area contributed by atoms with Crippen molar-refractivity contribution in [1.29, 1.82) is 0 Å². The summed E-state index contributed by atoms with van der Waals surface area (Å²) in [5.41, 5.74) is 14.2. The third kappa shape index (κ3) is 1.36. The molecule has 0 radical (unpaired) electrons. The number of hydrogen-bond donors (Lipinski definition) is 2. The molecule has 2 aliphatic rings. The van der Waals surface area contributed by atoms with Gasteiger partial charge in [0.25, 0.3) is 0 Å². The van der Waals surface area contributed by atoms with E-state index in [4.69, 9.17) is 0 Å². The summed E-state index contributed by atoms with van der Waals surface area (Å²) in [6, 6.07) is 2.46. The van der Waals surface area contributed by atoms with Crippen LogP contribution in [0.3, 0.4) is 0 Å². The van der Waals surface area contributed by atoms with Gasteiger partial charge in [-0.05, 0) is 60.8 Å². The Morgan fingerprint density at radius 2 is 1.53 bits per heavy atom. The van der Waals surface area contributed by atoms with Crippen molar-refractivity contribution in [2.75, 3.05) is 12.5 Å². The second kappa shape index (κ2) is 3.53. The van der Waals surface area contributed by atoms with Crippen LogP contribution in [0.2, 0.25) is 0 Å². The fraction of sp³-hybridized carbons (Fsp3) is 0.538. The molecular weight excluding hydrogens is 184 g/mol. The molecule has 2 nitrogen and oxygen atoms in total. The van der Waals surface area contributed by atoms with Crippen molar-refractivity contribution < 1.29 is 0 Å². The van der Waals surface area contributed by atoms with Crippen molar-refractivity contribution in [3.05, 3.63) is 28.3 Å². The molecule has 0 amide bonds. The van der Waals surface area contributed by atoms with E-state index < -0.39 is 0 Å². The second-order valence-corrected chi connectivity index (χ2v) is 4.61. The number of nitrogens with one attached hydrogen (secondary N) is 2. The third-order valence-electron chi connectivity index (χ3n) is 3.72. The van der Waals surface area contributed by atoms with Crippen LogP contribution in [0.15, 0.2) is 6.07 Å². The molecule has 1 aromatic carbocycles. The van der Waals surface area contributed by atoms with Gasteiger partial charge in [0.2, 0.25) is 0 Å². The van der Waals surface area contributed by atoms with Crippen LogP contribution in [-0.2, 0) is 25.7 Å². The summed E-state index contributed by atoms with van der Waals surface area (Å²) in [7, 11) is 1.95. The maximum atomic E-state index is 3.36. The van der Waals surface area contributed by atoms with Gasteiger partial charge in [-0.15, -0.1) is 0 Å². The van der Waals surface area contributed by atoms with E-state index in [1.54, 1.807) is 22.3 Å². The predicted octanol–water partition coefficient (Wildman–Crippen LogP) is 2.21. The van der Waals surface area contributed by atoms with Crippen LogP contribution in [0.4, 0.5) is 5.69 Å². The first-order valence-electron chi connectivity index (χ1n) is 5.99. The van der Waals surface area contributed by atoms with Crippen molar-refractivity contribution in [3.8, 4) is 0 Å². The minimum absolute atomic E-state index is 1.26. The molecule has 0 saturated heterocycles. The van der Waals surface area contributed by atoms with Gasteiger partial charge in [-0.2, -0.15) is 0 Å². The molecule has 2 aliphatic carbocycles. The average molecular weight is 202 g/mol. The Bertz CT molecular complexity index is 364. The molecule has 0 fully saturated rings. The molecule has 0 saturated carbocycles. The van der Waals surface area contributed by atoms with Gasteiger partial charge >= 0.3 is 0 Å². The molecule has 2 N–H and O–H groups in total. The second-order valence-electron chi connectivity index (χ2n) is 4.61. The molecule has 0 unspecified atom stereocenters. The number of benzene rings is 1. The van der Waals surface area contributed by atoms with Gasteiger partial charge in [0.15, 0.2) is 0 Å². The van der Waals surface area contributed by atoms with Crippen molar-refractivity contribution in [1.82, 2.24) is 5.43 Å². The zero-order chi connectivity index (χ0) is 10.3.